The molecule has 0 bridgehead atoms. The Hall–Kier alpha value is -2.40. The highest BCUT2D eigenvalue weighted by Crippen LogP contribution is 2.25. The largest absolute Gasteiger partial charge is 0.352 e. The van der Waals surface area contributed by atoms with Crippen molar-refractivity contribution in [3.8, 4) is 0 Å². The van der Waals surface area contributed by atoms with Gasteiger partial charge in [0.25, 0.3) is 0 Å². The third kappa shape index (κ3) is 7.59. The Morgan fingerprint density at radius 1 is 1.05 bits per heavy atom. The zero-order valence-electron chi connectivity index (χ0n) is 21.7. The second kappa shape index (κ2) is 13.1. The summed E-state index contributed by atoms with van der Waals surface area (Å²) in [4.78, 5) is 28.3. The van der Waals surface area contributed by atoms with E-state index in [1.165, 1.54) is 37.2 Å². The quantitative estimate of drug-likeness (QED) is 0.440. The first-order valence-electron chi connectivity index (χ1n) is 12.4. The molecule has 0 aromatic heterocycles. The van der Waals surface area contributed by atoms with Gasteiger partial charge < -0.3 is 10.2 Å². The third-order valence-corrected chi connectivity index (χ3v) is 9.01. The SMILES string of the molecule is CC(C(=O)NC1CCCCC1)N(Cc1ccc(Cl)cc1Cl)C(=O)CN(c1ccc(F)cc1)S(=O)(=O)N(C)C. The van der Waals surface area contributed by atoms with Gasteiger partial charge in [0.2, 0.25) is 11.8 Å². The van der Waals surface area contributed by atoms with Crippen LogP contribution in [0.1, 0.15) is 44.6 Å². The molecule has 8 nitrogen and oxygen atoms in total. The maximum Gasteiger partial charge on any atom is 0.304 e. The van der Waals surface area contributed by atoms with Gasteiger partial charge in [-0.05, 0) is 61.7 Å². The molecule has 1 aliphatic rings. The van der Waals surface area contributed by atoms with Gasteiger partial charge in [0.1, 0.15) is 18.4 Å². The van der Waals surface area contributed by atoms with Crippen molar-refractivity contribution in [1.82, 2.24) is 14.5 Å². The van der Waals surface area contributed by atoms with E-state index in [2.05, 4.69) is 5.32 Å². The van der Waals surface area contributed by atoms with E-state index >= 15 is 0 Å². The van der Waals surface area contributed by atoms with E-state index in [1.54, 1.807) is 19.1 Å². The van der Waals surface area contributed by atoms with E-state index in [-0.39, 0.29) is 24.2 Å². The van der Waals surface area contributed by atoms with E-state index in [0.717, 1.165) is 52.8 Å². The predicted molar refractivity (Wildman–Crippen MR) is 148 cm³/mol. The molecule has 0 heterocycles. The molecular weight excluding hydrogens is 554 g/mol. The Kier molecular flexibility index (Phi) is 10.4. The van der Waals surface area contributed by atoms with Crippen molar-refractivity contribution in [2.75, 3.05) is 24.9 Å². The Labute approximate surface area is 233 Å². The lowest BCUT2D eigenvalue weighted by molar-refractivity contribution is -0.139. The molecule has 208 valence electrons. The summed E-state index contributed by atoms with van der Waals surface area (Å²) in [6, 6.07) is 8.71. The maximum absolute atomic E-state index is 13.8. The molecule has 0 radical (unpaired) electrons. The van der Waals surface area contributed by atoms with Crippen LogP contribution in [0.25, 0.3) is 0 Å². The molecule has 1 atom stereocenters. The van der Waals surface area contributed by atoms with E-state index in [1.807, 2.05) is 0 Å². The van der Waals surface area contributed by atoms with Crippen molar-refractivity contribution in [3.05, 3.63) is 63.9 Å². The molecule has 2 aromatic carbocycles. The van der Waals surface area contributed by atoms with Crippen LogP contribution in [0, 0.1) is 5.82 Å². The number of nitrogens with one attached hydrogen (secondary N) is 1. The highest BCUT2D eigenvalue weighted by Gasteiger charge is 2.33. The van der Waals surface area contributed by atoms with Gasteiger partial charge in [-0.3, -0.25) is 9.59 Å². The normalized spacial score (nSPS) is 15.2. The number of hydrogen-bond acceptors (Lipinski definition) is 4. The lowest BCUT2D eigenvalue weighted by Crippen LogP contribution is -2.53. The minimum absolute atomic E-state index is 0.0274. The molecule has 2 aromatic rings. The summed E-state index contributed by atoms with van der Waals surface area (Å²) in [6.07, 6.45) is 4.92. The van der Waals surface area contributed by atoms with Crippen LogP contribution in [-0.2, 0) is 26.3 Å². The van der Waals surface area contributed by atoms with Crippen molar-refractivity contribution < 1.29 is 22.4 Å². The summed E-state index contributed by atoms with van der Waals surface area (Å²) in [6.45, 7) is 0.939. The second-order valence-electron chi connectivity index (χ2n) is 9.55. The number of carbonyl (C=O) groups excluding carboxylic acids is 2. The third-order valence-electron chi connectivity index (χ3n) is 6.61. The Bertz CT molecular complexity index is 1240. The minimum Gasteiger partial charge on any atom is -0.352 e. The van der Waals surface area contributed by atoms with Gasteiger partial charge >= 0.3 is 10.2 Å². The maximum atomic E-state index is 13.8. The van der Waals surface area contributed by atoms with Gasteiger partial charge in [0.05, 0.1) is 5.69 Å². The number of anilines is 1. The van der Waals surface area contributed by atoms with Crippen LogP contribution >= 0.6 is 23.2 Å². The van der Waals surface area contributed by atoms with Crippen LogP contribution in [0.5, 0.6) is 0 Å². The number of nitrogens with zero attached hydrogens (tertiary/aromatic N) is 3. The summed E-state index contributed by atoms with van der Waals surface area (Å²) in [7, 11) is -1.47. The van der Waals surface area contributed by atoms with Crippen LogP contribution < -0.4 is 9.62 Å². The number of carbonyl (C=O) groups is 2. The number of amides is 2. The van der Waals surface area contributed by atoms with Crippen LogP contribution in [0.3, 0.4) is 0 Å². The van der Waals surface area contributed by atoms with Gasteiger partial charge in [-0.25, -0.2) is 8.70 Å². The first-order chi connectivity index (χ1) is 17.9. The fraction of sp³-hybridized carbons (Fsp3) is 0.462. The van der Waals surface area contributed by atoms with Gasteiger partial charge in [0.15, 0.2) is 0 Å². The van der Waals surface area contributed by atoms with Crippen LogP contribution in [-0.4, -0.2) is 62.2 Å². The topological polar surface area (TPSA) is 90.0 Å². The first kappa shape index (κ1) is 30.1. The molecule has 1 aliphatic carbocycles. The van der Waals surface area contributed by atoms with Gasteiger partial charge in [-0.15, -0.1) is 0 Å². The Balaban J connectivity index is 1.94. The number of hydrogen-bond donors (Lipinski definition) is 1. The van der Waals surface area contributed by atoms with Crippen molar-refractivity contribution in [2.24, 2.45) is 0 Å². The number of rotatable bonds is 10. The van der Waals surface area contributed by atoms with E-state index in [0.29, 0.717) is 15.6 Å². The van der Waals surface area contributed by atoms with E-state index in [4.69, 9.17) is 23.2 Å². The van der Waals surface area contributed by atoms with E-state index < -0.39 is 34.5 Å². The zero-order chi connectivity index (χ0) is 28.0. The fourth-order valence-electron chi connectivity index (χ4n) is 4.31. The summed E-state index contributed by atoms with van der Waals surface area (Å²) >= 11 is 12.4. The summed E-state index contributed by atoms with van der Waals surface area (Å²) in [5.74, 6) is -1.51. The molecule has 38 heavy (non-hydrogen) atoms. The lowest BCUT2D eigenvalue weighted by Gasteiger charge is -2.34. The fourth-order valence-corrected chi connectivity index (χ4v) is 5.83. The van der Waals surface area contributed by atoms with Crippen molar-refractivity contribution in [1.29, 1.82) is 0 Å². The molecule has 1 fully saturated rings. The van der Waals surface area contributed by atoms with Crippen LogP contribution in [0.4, 0.5) is 10.1 Å². The Morgan fingerprint density at radius 2 is 1.68 bits per heavy atom. The van der Waals surface area contributed by atoms with Gasteiger partial charge in [0, 0.05) is 36.7 Å². The highest BCUT2D eigenvalue weighted by molar-refractivity contribution is 7.90. The van der Waals surface area contributed by atoms with Crippen LogP contribution in [0.15, 0.2) is 42.5 Å². The zero-order valence-corrected chi connectivity index (χ0v) is 24.0. The molecule has 12 heteroatoms. The van der Waals surface area contributed by atoms with Gasteiger partial charge in [-0.2, -0.15) is 12.7 Å². The lowest BCUT2D eigenvalue weighted by atomic mass is 9.95. The van der Waals surface area contributed by atoms with Crippen LogP contribution in [0.2, 0.25) is 10.0 Å². The number of benzene rings is 2. The van der Waals surface area contributed by atoms with Gasteiger partial charge in [-0.1, -0.05) is 48.5 Å². The summed E-state index contributed by atoms with van der Waals surface area (Å²) in [5.41, 5.74) is 0.655. The van der Waals surface area contributed by atoms with E-state index in [9.17, 15) is 22.4 Å². The average Bonchev–Trinajstić information content (AvgIpc) is 2.87. The molecule has 3 rings (SSSR count). The molecule has 1 saturated carbocycles. The summed E-state index contributed by atoms with van der Waals surface area (Å²) < 4.78 is 41.7. The smallest absolute Gasteiger partial charge is 0.304 e. The van der Waals surface area contributed by atoms with Crippen molar-refractivity contribution in [2.45, 2.75) is 57.7 Å². The van der Waals surface area contributed by atoms with Crippen molar-refractivity contribution >= 4 is 50.9 Å². The molecule has 0 spiro atoms. The molecular formula is C26H33Cl2FN4O4S. The molecule has 1 N–H and O–H groups in total. The van der Waals surface area contributed by atoms with Crippen molar-refractivity contribution in [3.63, 3.8) is 0 Å². The standard InChI is InChI=1S/C26H33Cl2FN4O4S/c1-18(26(35)30-22-7-5-4-6-8-22)32(16-19-9-10-20(27)15-24(19)28)25(34)17-33(38(36,37)31(2)3)23-13-11-21(29)12-14-23/h9-15,18,22H,4-8,16-17H2,1-3H3,(H,30,35). The summed E-state index contributed by atoms with van der Waals surface area (Å²) in [5, 5.41) is 3.76. The predicted octanol–water partition coefficient (Wildman–Crippen LogP) is 4.61. The minimum atomic E-state index is -4.14. The first-order valence-corrected chi connectivity index (χ1v) is 14.5. The Morgan fingerprint density at radius 3 is 2.26 bits per heavy atom. The molecule has 0 aliphatic heterocycles. The number of halogens is 3. The molecule has 0 saturated heterocycles. The molecule has 1 unspecified atom stereocenters. The monoisotopic (exact) mass is 586 g/mol. The molecule has 2 amide bonds. The second-order valence-corrected chi connectivity index (χ2v) is 12.5. The highest BCUT2D eigenvalue weighted by atomic mass is 35.5. The average molecular weight is 588 g/mol.